The summed E-state index contributed by atoms with van der Waals surface area (Å²) in [4.78, 5) is 17.2. The average Bonchev–Trinajstić information content (AvgIpc) is 3.23. The molecular weight excluding hydrogens is 390 g/mol. The Balaban J connectivity index is 1.12. The monoisotopic (exact) mass is 421 g/mol. The number of nitrogens with zero attached hydrogens (tertiary/aromatic N) is 5. The van der Waals surface area contributed by atoms with E-state index in [-0.39, 0.29) is 12.1 Å². The van der Waals surface area contributed by atoms with E-state index in [0.717, 1.165) is 57.2 Å². The minimum absolute atomic E-state index is 0.173. The lowest BCUT2D eigenvalue weighted by Gasteiger charge is -2.34. The molecule has 1 aliphatic heterocycles. The number of rotatable bonds is 8. The second-order valence-corrected chi connectivity index (χ2v) is 8.07. The summed E-state index contributed by atoms with van der Waals surface area (Å²) in [7, 11) is 0. The van der Waals surface area contributed by atoms with E-state index in [1.165, 1.54) is 5.56 Å². The Bertz CT molecular complexity index is 966. The third-order valence-corrected chi connectivity index (χ3v) is 5.73. The molecule has 1 aromatic carbocycles. The van der Waals surface area contributed by atoms with Crippen LogP contribution in [0.2, 0.25) is 0 Å². The zero-order valence-electron chi connectivity index (χ0n) is 18.1. The number of benzene rings is 1. The van der Waals surface area contributed by atoms with Crippen LogP contribution in [0.5, 0.6) is 0 Å². The lowest BCUT2D eigenvalue weighted by atomic mass is 10.2. The van der Waals surface area contributed by atoms with Crippen LogP contribution >= 0.6 is 0 Å². The number of hydrogen-bond acceptors (Lipinski definition) is 5. The number of carbonyl (C=O) groups is 1. The second-order valence-electron chi connectivity index (χ2n) is 8.07. The lowest BCUT2D eigenvalue weighted by Crippen LogP contribution is -2.46. The Labute approximate surface area is 183 Å². The first-order valence-corrected chi connectivity index (χ1v) is 11.0. The molecule has 2 aromatic heterocycles. The number of urea groups is 1. The highest BCUT2D eigenvalue weighted by molar-refractivity contribution is 5.74. The van der Waals surface area contributed by atoms with Gasteiger partial charge in [0.25, 0.3) is 0 Å². The summed E-state index contributed by atoms with van der Waals surface area (Å²) in [5, 5.41) is 14.2. The fraction of sp³-hybridized carbons (Fsp3) is 0.435. The molecule has 1 fully saturated rings. The van der Waals surface area contributed by atoms with Crippen molar-refractivity contribution in [3.05, 3.63) is 66.1 Å². The van der Waals surface area contributed by atoms with Crippen LogP contribution in [0.1, 0.15) is 30.8 Å². The largest absolute Gasteiger partial charge is 0.338 e. The molecule has 8 nitrogen and oxygen atoms in total. The van der Waals surface area contributed by atoms with E-state index in [1.807, 2.05) is 35.7 Å². The summed E-state index contributed by atoms with van der Waals surface area (Å²) in [6.45, 7) is 8.94. The van der Waals surface area contributed by atoms with Crippen LogP contribution in [0.15, 0.2) is 54.7 Å². The molecule has 1 saturated heterocycles. The molecule has 0 bridgehead atoms. The molecule has 4 rings (SSSR count). The SMILES string of the molecule is CC(NC(=O)NCCCN1CCN(Cc2ccccc2)CC1)c1nnc2ccccn12. The van der Waals surface area contributed by atoms with E-state index < -0.39 is 0 Å². The molecule has 0 spiro atoms. The number of amides is 2. The third-order valence-electron chi connectivity index (χ3n) is 5.73. The third kappa shape index (κ3) is 5.80. The zero-order valence-corrected chi connectivity index (χ0v) is 18.1. The average molecular weight is 422 g/mol. The van der Waals surface area contributed by atoms with Crippen molar-refractivity contribution in [1.82, 2.24) is 35.0 Å². The minimum atomic E-state index is -0.227. The van der Waals surface area contributed by atoms with Gasteiger partial charge in [-0.05, 0) is 37.6 Å². The highest BCUT2D eigenvalue weighted by Crippen LogP contribution is 2.11. The number of fused-ring (bicyclic) bond motifs is 1. The van der Waals surface area contributed by atoms with Gasteiger partial charge in [-0.25, -0.2) is 4.79 Å². The summed E-state index contributed by atoms with van der Waals surface area (Å²) in [5.74, 6) is 0.721. The van der Waals surface area contributed by atoms with Crippen LogP contribution in [0.4, 0.5) is 4.79 Å². The molecule has 2 amide bonds. The van der Waals surface area contributed by atoms with E-state index in [1.54, 1.807) is 0 Å². The maximum atomic E-state index is 12.3. The summed E-state index contributed by atoms with van der Waals surface area (Å²) < 4.78 is 1.89. The maximum Gasteiger partial charge on any atom is 0.315 e. The van der Waals surface area contributed by atoms with Gasteiger partial charge < -0.3 is 15.5 Å². The van der Waals surface area contributed by atoms with Crippen molar-refractivity contribution in [2.45, 2.75) is 25.9 Å². The van der Waals surface area contributed by atoms with Gasteiger partial charge in [-0.2, -0.15) is 0 Å². The van der Waals surface area contributed by atoms with E-state index in [4.69, 9.17) is 0 Å². The number of hydrogen-bond donors (Lipinski definition) is 2. The molecule has 0 radical (unpaired) electrons. The Morgan fingerprint density at radius 2 is 1.74 bits per heavy atom. The van der Waals surface area contributed by atoms with Gasteiger partial charge in [0.2, 0.25) is 0 Å². The number of nitrogens with one attached hydrogen (secondary N) is 2. The first kappa shape index (κ1) is 21.3. The Kier molecular flexibility index (Phi) is 7.11. The lowest BCUT2D eigenvalue weighted by molar-refractivity contribution is 0.126. The van der Waals surface area contributed by atoms with Crippen molar-refractivity contribution in [2.24, 2.45) is 0 Å². The zero-order chi connectivity index (χ0) is 21.5. The van der Waals surface area contributed by atoms with E-state index in [9.17, 15) is 4.79 Å². The van der Waals surface area contributed by atoms with Crippen molar-refractivity contribution in [2.75, 3.05) is 39.3 Å². The van der Waals surface area contributed by atoms with Crippen molar-refractivity contribution >= 4 is 11.7 Å². The minimum Gasteiger partial charge on any atom is -0.338 e. The molecule has 3 aromatic rings. The highest BCUT2D eigenvalue weighted by Gasteiger charge is 2.17. The fourth-order valence-corrected chi connectivity index (χ4v) is 3.98. The van der Waals surface area contributed by atoms with E-state index in [0.29, 0.717) is 6.54 Å². The van der Waals surface area contributed by atoms with Gasteiger partial charge in [0.1, 0.15) is 0 Å². The van der Waals surface area contributed by atoms with Crippen molar-refractivity contribution in [3.8, 4) is 0 Å². The smallest absolute Gasteiger partial charge is 0.315 e. The summed E-state index contributed by atoms with van der Waals surface area (Å²) in [6, 6.07) is 16.0. The normalized spacial score (nSPS) is 16.3. The summed E-state index contributed by atoms with van der Waals surface area (Å²) in [6.07, 6.45) is 2.84. The predicted octanol–water partition coefficient (Wildman–Crippen LogP) is 2.30. The Morgan fingerprint density at radius 1 is 1.00 bits per heavy atom. The summed E-state index contributed by atoms with van der Waals surface area (Å²) in [5.41, 5.74) is 2.15. The molecule has 2 N–H and O–H groups in total. The first-order chi connectivity index (χ1) is 15.2. The van der Waals surface area contributed by atoms with Gasteiger partial charge in [-0.15, -0.1) is 10.2 Å². The van der Waals surface area contributed by atoms with Gasteiger partial charge >= 0.3 is 6.03 Å². The molecule has 3 heterocycles. The number of carbonyl (C=O) groups excluding carboxylic acids is 1. The van der Waals surface area contributed by atoms with E-state index >= 15 is 0 Å². The van der Waals surface area contributed by atoms with Crippen molar-refractivity contribution < 1.29 is 4.79 Å². The number of pyridine rings is 1. The molecule has 0 aliphatic carbocycles. The maximum absolute atomic E-state index is 12.3. The highest BCUT2D eigenvalue weighted by atomic mass is 16.2. The standard InChI is InChI=1S/C23H31N7O/c1-19(22-27-26-21-10-5-6-13-30(21)22)25-23(31)24-11-7-12-28-14-16-29(17-15-28)18-20-8-3-2-4-9-20/h2-6,8-10,13,19H,7,11-12,14-18H2,1H3,(H2,24,25,31). The Morgan fingerprint density at radius 3 is 2.55 bits per heavy atom. The second kappa shape index (κ2) is 10.4. The van der Waals surface area contributed by atoms with Crippen LogP contribution in [-0.4, -0.2) is 69.7 Å². The quantitative estimate of drug-likeness (QED) is 0.546. The van der Waals surface area contributed by atoms with Crippen LogP contribution < -0.4 is 10.6 Å². The fourth-order valence-electron chi connectivity index (χ4n) is 3.98. The molecule has 8 heteroatoms. The summed E-state index contributed by atoms with van der Waals surface area (Å²) >= 11 is 0. The van der Waals surface area contributed by atoms with Gasteiger partial charge in [-0.1, -0.05) is 36.4 Å². The molecule has 164 valence electrons. The topological polar surface area (TPSA) is 77.8 Å². The van der Waals surface area contributed by atoms with Gasteiger partial charge in [0.15, 0.2) is 11.5 Å². The van der Waals surface area contributed by atoms with Crippen LogP contribution in [-0.2, 0) is 6.54 Å². The van der Waals surface area contributed by atoms with Crippen LogP contribution in [0, 0.1) is 0 Å². The van der Waals surface area contributed by atoms with Crippen LogP contribution in [0.3, 0.4) is 0 Å². The van der Waals surface area contributed by atoms with Crippen molar-refractivity contribution in [3.63, 3.8) is 0 Å². The molecule has 1 unspecified atom stereocenters. The number of piperazine rings is 1. The molecular formula is C23H31N7O. The van der Waals surface area contributed by atoms with Crippen molar-refractivity contribution in [1.29, 1.82) is 0 Å². The van der Waals surface area contributed by atoms with Gasteiger partial charge in [0, 0.05) is 45.5 Å². The number of aromatic nitrogens is 3. The van der Waals surface area contributed by atoms with Gasteiger partial charge in [-0.3, -0.25) is 9.30 Å². The molecule has 1 atom stereocenters. The molecule has 1 aliphatic rings. The molecule has 31 heavy (non-hydrogen) atoms. The Hall–Kier alpha value is -2.97. The molecule has 0 saturated carbocycles. The van der Waals surface area contributed by atoms with Gasteiger partial charge in [0.05, 0.1) is 6.04 Å². The first-order valence-electron chi connectivity index (χ1n) is 11.0. The van der Waals surface area contributed by atoms with E-state index in [2.05, 4.69) is 61.0 Å². The van der Waals surface area contributed by atoms with Crippen LogP contribution in [0.25, 0.3) is 5.65 Å². The predicted molar refractivity (Wildman–Crippen MR) is 121 cm³/mol.